The molecular weight excluding hydrogens is 396 g/mol. The number of halogens is 3. The summed E-state index contributed by atoms with van der Waals surface area (Å²) >= 11 is 0. The van der Waals surface area contributed by atoms with E-state index in [1.54, 1.807) is 24.3 Å². The Bertz CT molecular complexity index is 704. The zero-order valence-corrected chi connectivity index (χ0v) is 17.3. The Balaban J connectivity index is 0.00000300. The summed E-state index contributed by atoms with van der Waals surface area (Å²) in [6.45, 7) is 0.169. The van der Waals surface area contributed by atoms with Gasteiger partial charge in [0.1, 0.15) is 11.6 Å². The van der Waals surface area contributed by atoms with Crippen molar-refractivity contribution in [2.75, 3.05) is 13.2 Å². The molecule has 3 rings (SSSR count). The van der Waals surface area contributed by atoms with E-state index in [0.29, 0.717) is 18.6 Å². The topological polar surface area (TPSA) is 43.7 Å². The van der Waals surface area contributed by atoms with E-state index in [9.17, 15) is 19.0 Å². The first-order valence-corrected chi connectivity index (χ1v) is 10.1. The lowest BCUT2D eigenvalue weighted by Gasteiger charge is -2.32. The van der Waals surface area contributed by atoms with Gasteiger partial charge in [-0.05, 0) is 73.9 Å². The molecule has 0 bridgehead atoms. The van der Waals surface area contributed by atoms with Gasteiger partial charge in [0.2, 0.25) is 0 Å². The van der Waals surface area contributed by atoms with Crippen molar-refractivity contribution < 1.29 is 19.0 Å². The van der Waals surface area contributed by atoms with E-state index in [1.807, 2.05) is 12.1 Å². The normalized spacial score (nSPS) is 20.4. The zero-order chi connectivity index (χ0) is 19.9. The van der Waals surface area contributed by atoms with Crippen LogP contribution in [0.3, 0.4) is 0 Å². The molecule has 0 saturated carbocycles. The van der Waals surface area contributed by atoms with Crippen molar-refractivity contribution in [2.24, 2.45) is 0 Å². The summed E-state index contributed by atoms with van der Waals surface area (Å²) in [6, 6.07) is 14.0. The Morgan fingerprint density at radius 2 is 1.38 bits per heavy atom. The van der Waals surface area contributed by atoms with Crippen LogP contribution in [0.2, 0.25) is 0 Å². The van der Waals surface area contributed by atoms with Gasteiger partial charge in [0.25, 0.3) is 0 Å². The molecule has 2 aromatic rings. The third-order valence-electron chi connectivity index (χ3n) is 5.71. The highest BCUT2D eigenvalue weighted by Gasteiger charge is 2.33. The summed E-state index contributed by atoms with van der Waals surface area (Å²) in [5.41, 5.74) is 1.96. The average Bonchev–Trinajstić information content (AvgIpc) is 3.06. The van der Waals surface area contributed by atoms with E-state index in [2.05, 4.69) is 4.90 Å². The van der Waals surface area contributed by atoms with E-state index in [-0.39, 0.29) is 30.6 Å². The highest BCUT2D eigenvalue weighted by Crippen LogP contribution is 2.30. The summed E-state index contributed by atoms with van der Waals surface area (Å²) in [6.07, 6.45) is 4.60. The third kappa shape index (κ3) is 7.03. The van der Waals surface area contributed by atoms with E-state index in [4.69, 9.17) is 0 Å². The van der Waals surface area contributed by atoms with Gasteiger partial charge in [-0.1, -0.05) is 24.3 Å². The minimum absolute atomic E-state index is 0. The van der Waals surface area contributed by atoms with Gasteiger partial charge in [-0.15, -0.1) is 12.4 Å². The smallest absolute Gasteiger partial charge is 0.123 e. The van der Waals surface area contributed by atoms with Gasteiger partial charge in [0.05, 0.1) is 12.7 Å². The molecule has 6 heteroatoms. The lowest BCUT2D eigenvalue weighted by Crippen LogP contribution is -2.42. The van der Waals surface area contributed by atoms with Crippen LogP contribution in [0, 0.1) is 11.6 Å². The number of hydrogen-bond donors (Lipinski definition) is 2. The predicted molar refractivity (Wildman–Crippen MR) is 113 cm³/mol. The van der Waals surface area contributed by atoms with Crippen molar-refractivity contribution in [2.45, 2.75) is 56.7 Å². The molecule has 0 aromatic heterocycles. The van der Waals surface area contributed by atoms with Crippen LogP contribution < -0.4 is 0 Å². The highest BCUT2D eigenvalue weighted by atomic mass is 35.5. The molecular formula is C23H30ClF2NO2. The molecule has 3 nitrogen and oxygen atoms in total. The summed E-state index contributed by atoms with van der Waals surface area (Å²) in [4.78, 5) is 2.29. The van der Waals surface area contributed by atoms with Crippen LogP contribution in [0.1, 0.15) is 36.8 Å². The van der Waals surface area contributed by atoms with Crippen LogP contribution in [-0.2, 0) is 12.8 Å². The number of hydrogen-bond acceptors (Lipinski definition) is 3. The lowest BCUT2D eigenvalue weighted by molar-refractivity contribution is 0.0393. The molecule has 2 N–H and O–H groups in total. The predicted octanol–water partition coefficient (Wildman–Crippen LogP) is 4.14. The number of aliphatic hydroxyl groups is 2. The molecule has 1 fully saturated rings. The van der Waals surface area contributed by atoms with Crippen molar-refractivity contribution in [1.29, 1.82) is 0 Å². The van der Waals surface area contributed by atoms with Crippen molar-refractivity contribution in [3.8, 4) is 0 Å². The Kier molecular flexibility index (Phi) is 9.50. The Labute approximate surface area is 177 Å². The number of nitrogens with zero attached hydrogens (tertiary/aromatic N) is 1. The lowest BCUT2D eigenvalue weighted by atomic mass is 10.0. The number of aliphatic hydroxyl groups excluding tert-OH is 2. The quantitative estimate of drug-likeness (QED) is 0.634. The fourth-order valence-corrected chi connectivity index (χ4v) is 4.29. The molecule has 1 saturated heterocycles. The Morgan fingerprint density at radius 1 is 0.897 bits per heavy atom. The number of rotatable bonds is 9. The Hall–Kier alpha value is -1.53. The maximum absolute atomic E-state index is 13.4. The van der Waals surface area contributed by atoms with Crippen LogP contribution >= 0.6 is 12.4 Å². The minimum atomic E-state index is -0.772. The molecule has 1 heterocycles. The van der Waals surface area contributed by atoms with Gasteiger partial charge in [0, 0.05) is 18.6 Å². The van der Waals surface area contributed by atoms with Gasteiger partial charge in [-0.25, -0.2) is 8.78 Å². The average molecular weight is 426 g/mol. The summed E-state index contributed by atoms with van der Waals surface area (Å²) < 4.78 is 26.8. The third-order valence-corrected chi connectivity index (χ3v) is 5.71. The molecule has 2 unspecified atom stereocenters. The van der Waals surface area contributed by atoms with E-state index in [0.717, 1.165) is 49.7 Å². The highest BCUT2D eigenvalue weighted by molar-refractivity contribution is 5.85. The van der Waals surface area contributed by atoms with Crippen molar-refractivity contribution >= 4 is 12.4 Å². The summed E-state index contributed by atoms with van der Waals surface area (Å²) in [7, 11) is 0. The maximum Gasteiger partial charge on any atom is 0.123 e. The summed E-state index contributed by atoms with van der Waals surface area (Å²) in [5, 5.41) is 19.3. The van der Waals surface area contributed by atoms with Crippen LogP contribution in [0.5, 0.6) is 0 Å². The first kappa shape index (κ1) is 23.7. The van der Waals surface area contributed by atoms with Crippen LogP contribution in [0.25, 0.3) is 0 Å². The Morgan fingerprint density at radius 3 is 1.79 bits per heavy atom. The van der Waals surface area contributed by atoms with E-state index in [1.165, 1.54) is 12.1 Å². The second-order valence-electron chi connectivity index (χ2n) is 7.76. The number of aryl methyl sites for hydroxylation is 2. The maximum atomic E-state index is 13.4. The molecule has 0 spiro atoms. The van der Waals surface area contributed by atoms with Crippen LogP contribution in [0.4, 0.5) is 8.78 Å². The molecule has 29 heavy (non-hydrogen) atoms. The SMILES string of the molecule is Cl.OC[C@H](O)CN1C(CCc2cccc(F)c2)CCC1CCc1cccc(F)c1. The van der Waals surface area contributed by atoms with E-state index >= 15 is 0 Å². The van der Waals surface area contributed by atoms with Gasteiger partial charge >= 0.3 is 0 Å². The van der Waals surface area contributed by atoms with Crippen LogP contribution in [0.15, 0.2) is 48.5 Å². The van der Waals surface area contributed by atoms with Gasteiger partial charge in [-0.3, -0.25) is 4.90 Å². The molecule has 3 atom stereocenters. The fourth-order valence-electron chi connectivity index (χ4n) is 4.29. The molecule has 2 aromatic carbocycles. The van der Waals surface area contributed by atoms with Gasteiger partial charge in [-0.2, -0.15) is 0 Å². The molecule has 0 amide bonds. The first-order valence-electron chi connectivity index (χ1n) is 10.1. The van der Waals surface area contributed by atoms with Crippen molar-refractivity contribution in [3.05, 3.63) is 71.3 Å². The second-order valence-corrected chi connectivity index (χ2v) is 7.76. The van der Waals surface area contributed by atoms with E-state index < -0.39 is 6.10 Å². The number of β-amino-alcohol motifs (C(OH)–C–C–N with tert-alkyl or cyclic N) is 1. The van der Waals surface area contributed by atoms with Gasteiger partial charge in [0.15, 0.2) is 0 Å². The second kappa shape index (κ2) is 11.6. The molecule has 1 aliphatic rings. The molecule has 0 aliphatic carbocycles. The van der Waals surface area contributed by atoms with Crippen molar-refractivity contribution in [3.63, 3.8) is 0 Å². The fraction of sp³-hybridized carbons (Fsp3) is 0.478. The molecule has 0 radical (unpaired) electrons. The first-order chi connectivity index (χ1) is 13.5. The van der Waals surface area contributed by atoms with Crippen LogP contribution in [-0.4, -0.2) is 46.5 Å². The summed E-state index contributed by atoms with van der Waals surface area (Å²) in [5.74, 6) is -0.436. The zero-order valence-electron chi connectivity index (χ0n) is 16.5. The number of benzene rings is 2. The van der Waals surface area contributed by atoms with Gasteiger partial charge < -0.3 is 10.2 Å². The molecule has 1 aliphatic heterocycles. The minimum Gasteiger partial charge on any atom is -0.394 e. The van der Waals surface area contributed by atoms with Crippen molar-refractivity contribution in [1.82, 2.24) is 4.90 Å². The number of likely N-dealkylation sites (tertiary alicyclic amines) is 1. The monoisotopic (exact) mass is 425 g/mol. The standard InChI is InChI=1S/C23H29F2NO2.ClH/c24-19-5-1-3-17(13-19)7-9-21-11-12-22(26(21)15-23(28)16-27)10-8-18-4-2-6-20(25)14-18;/h1-6,13-14,21-23,27-28H,7-12,15-16H2;1H/t21?,22?,23-;/m1./s1. The molecule has 160 valence electrons. The largest absolute Gasteiger partial charge is 0.394 e.